The Morgan fingerprint density at radius 1 is 0.333 bits per heavy atom. The molecule has 28 heteroatoms. The van der Waals surface area contributed by atoms with Crippen LogP contribution in [0.5, 0.6) is 0 Å². The van der Waals surface area contributed by atoms with Gasteiger partial charge in [0.2, 0.25) is 0 Å². The van der Waals surface area contributed by atoms with Gasteiger partial charge in [-0.25, -0.2) is 0 Å². The van der Waals surface area contributed by atoms with Crippen molar-refractivity contribution in [2.24, 2.45) is 0 Å². The zero-order valence-electron chi connectivity index (χ0n) is 39.8. The Morgan fingerprint density at radius 3 is 0.628 bits per heavy atom. The molecule has 0 saturated heterocycles. The number of halogens is 4. The Kier molecular flexibility index (Phi) is 28.0. The topological polar surface area (TPSA) is 309 Å². The van der Waals surface area contributed by atoms with E-state index in [1.165, 1.54) is 31.8 Å². The van der Waals surface area contributed by atoms with Crippen LogP contribution in [0, 0.1) is 20.2 Å². The molecule has 0 spiro atoms. The van der Waals surface area contributed by atoms with E-state index in [1.54, 1.807) is 24.3 Å². The van der Waals surface area contributed by atoms with Gasteiger partial charge >= 0.3 is 149 Å². The van der Waals surface area contributed by atoms with Gasteiger partial charge in [-0.2, -0.15) is 0 Å². The van der Waals surface area contributed by atoms with Crippen LogP contribution in [0.3, 0.4) is 0 Å². The van der Waals surface area contributed by atoms with Crippen molar-refractivity contribution in [1.82, 2.24) is 0 Å². The Morgan fingerprint density at radius 2 is 0.474 bits per heavy atom. The summed E-state index contributed by atoms with van der Waals surface area (Å²) < 4.78 is 106. The summed E-state index contributed by atoms with van der Waals surface area (Å²) in [7, 11) is -4.29. The van der Waals surface area contributed by atoms with Crippen molar-refractivity contribution in [1.29, 1.82) is 0 Å². The van der Waals surface area contributed by atoms with Crippen molar-refractivity contribution in [3.05, 3.63) is 262 Å². The van der Waals surface area contributed by atoms with E-state index in [0.29, 0.717) is 12.3 Å². The fourth-order valence-electron chi connectivity index (χ4n) is 7.69. The molecule has 8 aromatic carbocycles. The fraction of sp³-hybridized carbons (Fsp3) is 0.0400. The zero-order chi connectivity index (χ0) is 58.2. The molecular formula is C50H44Br4Mn4N2O16P2. The predicted octanol–water partition coefficient (Wildman–Crippen LogP) is 9.11. The number of nitrogens with zero attached hydrogens (tertiary/aromatic N) is 2. The van der Waals surface area contributed by atoms with Gasteiger partial charge in [0.15, 0.2) is 0 Å². The summed E-state index contributed by atoms with van der Waals surface area (Å²) in [6.07, 6.45) is 1.20. The summed E-state index contributed by atoms with van der Waals surface area (Å²) in [4.78, 5) is 22.9. The van der Waals surface area contributed by atoms with E-state index in [4.69, 9.17) is 47.4 Å². The van der Waals surface area contributed by atoms with Crippen molar-refractivity contribution >= 4 is 114 Å². The maximum absolute atomic E-state index is 11.7. The van der Waals surface area contributed by atoms with Crippen LogP contribution in [0.1, 0.15) is 11.1 Å². The molecule has 0 aliphatic carbocycles. The average molecular weight is 1530 g/mol. The van der Waals surface area contributed by atoms with E-state index in [9.17, 15) is 20.2 Å². The molecule has 0 atom stereocenters. The summed E-state index contributed by atoms with van der Waals surface area (Å²) in [6.45, 7) is 0. The summed E-state index contributed by atoms with van der Waals surface area (Å²) in [5.41, 5.74) is 1.89. The van der Waals surface area contributed by atoms with Crippen LogP contribution in [0.4, 0.5) is 11.4 Å². The van der Waals surface area contributed by atoms with Crippen LogP contribution in [0.2, 0.25) is 0 Å². The van der Waals surface area contributed by atoms with E-state index in [-0.39, 0.29) is 21.2 Å². The zero-order valence-corrected chi connectivity index (χ0v) is 52.6. The van der Waals surface area contributed by atoms with Crippen LogP contribution in [-0.4, -0.2) is 18.2 Å². The van der Waals surface area contributed by atoms with Crippen molar-refractivity contribution in [3.63, 3.8) is 0 Å². The Labute approximate surface area is 485 Å². The van der Waals surface area contributed by atoms with E-state index in [1.807, 2.05) is 117 Å². The van der Waals surface area contributed by atoms with Gasteiger partial charge in [0.25, 0.3) is 11.4 Å². The third-order valence-electron chi connectivity index (χ3n) is 10.4. The standard InChI is InChI=1S/2C25H21NO2P.4BrH.4Mn.2H2O.10O/c2*27-26(28)25-19-11-10-12-21(25)20-29(22-13-4-1-5-14-22,23-15-6-2-7-16-23)24-17-8-3-9-18-24;;;;;;;;;;;;;;;;;;;;/h2*1-19H,20H2;4*1H;;;;;2*1H2;;;;;;;;;;/q2*+1;;;;;2*+1;2*+2;;;;;;;;;;;2*-1/p-6. The van der Waals surface area contributed by atoms with Crippen molar-refractivity contribution in [2.45, 2.75) is 12.3 Å². The summed E-state index contributed by atoms with van der Waals surface area (Å²) >= 11 is -10.1. The van der Waals surface area contributed by atoms with E-state index >= 15 is 0 Å². The fourth-order valence-corrected chi connectivity index (χ4v) is 16.2. The van der Waals surface area contributed by atoms with Crippen molar-refractivity contribution in [2.75, 3.05) is 0 Å². The first-order valence-corrected chi connectivity index (χ1v) is 42.9. The van der Waals surface area contributed by atoms with E-state index in [2.05, 4.69) is 146 Å². The molecule has 0 unspecified atom stereocenters. The molecule has 2 N–H and O–H groups in total. The second-order valence-corrected chi connectivity index (χ2v) is 39.1. The first-order chi connectivity index (χ1) is 36.4. The molecule has 0 saturated carbocycles. The predicted molar refractivity (Wildman–Crippen MR) is 290 cm³/mol. The van der Waals surface area contributed by atoms with Crippen LogP contribution >= 0.6 is 71.0 Å². The molecule has 0 heterocycles. The van der Waals surface area contributed by atoms with Crippen molar-refractivity contribution < 1.29 is 102 Å². The number of nitro groups is 2. The molecule has 416 valence electrons. The molecule has 0 aliphatic heterocycles. The monoisotopic (exact) mass is 1530 g/mol. The maximum atomic E-state index is 11.7. The van der Waals surface area contributed by atoms with Gasteiger partial charge in [0.1, 0.15) is 58.7 Å². The third kappa shape index (κ3) is 25.0. The molecule has 78 heavy (non-hydrogen) atoms. The van der Waals surface area contributed by atoms with Gasteiger partial charge in [0.05, 0.1) is 21.0 Å². The van der Waals surface area contributed by atoms with Crippen molar-refractivity contribution in [3.8, 4) is 0 Å². The Bertz CT molecular complexity index is 3110. The number of nitro benzene ring substituents is 2. The van der Waals surface area contributed by atoms with Crippen LogP contribution in [0.25, 0.3) is 0 Å². The number of para-hydroxylation sites is 2. The molecule has 0 fully saturated rings. The van der Waals surface area contributed by atoms with Crippen LogP contribution in [-0.2, 0) is 87.9 Å². The van der Waals surface area contributed by atoms with E-state index in [0.717, 1.165) is 11.1 Å². The Balaban J connectivity index is 0.000000305. The minimum atomic E-state index is -4.56. The average Bonchev–Trinajstić information content (AvgIpc) is 3.38. The molecule has 18 nitrogen and oxygen atoms in total. The first-order valence-electron chi connectivity index (χ1n) is 21.4. The molecule has 0 aliphatic rings. The quantitative estimate of drug-likeness (QED) is 0.0498. The molecule has 0 radical (unpaired) electrons. The normalized spacial score (nSPS) is 11.3. The number of hydrogen-bond acceptors (Lipinski definition) is 14. The summed E-state index contributed by atoms with van der Waals surface area (Å²) in [6, 6.07) is 76.8. The molecule has 8 rings (SSSR count). The Hall–Kier alpha value is -4.34. The third-order valence-corrected chi connectivity index (χ3v) is 19.1. The minimum absolute atomic E-state index is 0.180. The molecule has 8 aromatic rings. The van der Waals surface area contributed by atoms with Gasteiger partial charge in [-0.3, -0.25) is 20.2 Å². The second-order valence-electron chi connectivity index (χ2n) is 15.2. The van der Waals surface area contributed by atoms with E-state index < -0.39 is 59.4 Å². The molecule has 0 bridgehead atoms. The molecule has 0 aromatic heterocycles. The summed E-state index contributed by atoms with van der Waals surface area (Å²) in [5.74, 6) is 0. The van der Waals surface area contributed by atoms with Crippen LogP contribution < -0.4 is 40.2 Å². The van der Waals surface area contributed by atoms with Gasteiger partial charge in [-0.05, 0) is 84.9 Å². The van der Waals surface area contributed by atoms with Crippen LogP contribution in [0.15, 0.2) is 231 Å². The second kappa shape index (κ2) is 32.2. The number of benzene rings is 8. The first kappa shape index (κ1) is 67.9. The van der Waals surface area contributed by atoms with Gasteiger partial charge in [-0.1, -0.05) is 133 Å². The summed E-state index contributed by atoms with van der Waals surface area (Å²) in [5, 5.41) is 30.8. The van der Waals surface area contributed by atoms with Gasteiger partial charge in [0, 0.05) is 12.1 Å². The number of rotatable bonds is 12. The van der Waals surface area contributed by atoms with Gasteiger partial charge in [-0.15, -0.1) is 0 Å². The SMILES string of the molecule is O=[N+]([O-])c1ccccc1C[P+](c1ccccc1)(c1ccccc1)c1ccccc1.O=[N+]([O-])c1ccccc1C[P+](c1ccccc1)(c1ccccc1)c1ccccc1.[O]=[Mn](=[O])([O-])[Br].[O]=[Mn](=[O])([O-])[Br].[O]=[Mn](=[O])([OH])[Br].[O]=[Mn](=[O])([OH])[Br]. The number of hydrogen-bond donors (Lipinski definition) is 2. The van der Waals surface area contributed by atoms with Gasteiger partial charge < -0.3 is 0 Å². The molecule has 0 amide bonds. The molecular weight excluding hydrogens is 1490 g/mol.